The summed E-state index contributed by atoms with van der Waals surface area (Å²) in [5.74, 6) is -1.68. The molecule has 0 aromatic heterocycles. The molecule has 1 atom stereocenters. The van der Waals surface area contributed by atoms with Gasteiger partial charge in [-0.2, -0.15) is 13.2 Å². The minimum atomic E-state index is -4.46. The molecule has 0 bridgehead atoms. The maximum atomic E-state index is 14.8. The van der Waals surface area contributed by atoms with Gasteiger partial charge < -0.3 is 20.5 Å². The summed E-state index contributed by atoms with van der Waals surface area (Å²) in [5.41, 5.74) is 0.852. The lowest BCUT2D eigenvalue weighted by Crippen LogP contribution is -2.27. The van der Waals surface area contributed by atoms with Crippen molar-refractivity contribution in [1.82, 2.24) is 5.32 Å². The third kappa shape index (κ3) is 9.01. The number of rotatable bonds is 13. The van der Waals surface area contributed by atoms with Crippen molar-refractivity contribution in [3.05, 3.63) is 83.7 Å². The predicted octanol–water partition coefficient (Wildman–Crippen LogP) is 6.77. The van der Waals surface area contributed by atoms with Crippen molar-refractivity contribution in [1.29, 1.82) is 0 Å². The zero-order chi connectivity index (χ0) is 28.4. The Morgan fingerprint density at radius 2 is 1.69 bits per heavy atom. The molecule has 3 aromatic carbocycles. The van der Waals surface area contributed by atoms with Gasteiger partial charge in [-0.05, 0) is 60.5 Å². The molecular formula is C29H30F4N2O4. The first-order chi connectivity index (χ1) is 18.6. The molecule has 208 valence electrons. The van der Waals surface area contributed by atoms with E-state index in [9.17, 15) is 27.2 Å². The lowest BCUT2D eigenvalue weighted by molar-refractivity contribution is -0.138. The van der Waals surface area contributed by atoms with Crippen molar-refractivity contribution in [2.75, 3.05) is 18.5 Å². The highest BCUT2D eigenvalue weighted by molar-refractivity contribution is 5.94. The second-order valence-electron chi connectivity index (χ2n) is 8.99. The third-order valence-corrected chi connectivity index (χ3v) is 5.96. The zero-order valence-electron chi connectivity index (χ0n) is 21.4. The van der Waals surface area contributed by atoms with Gasteiger partial charge in [0, 0.05) is 29.4 Å². The van der Waals surface area contributed by atoms with Crippen LogP contribution < -0.4 is 15.4 Å². The number of carbonyl (C=O) groups excluding carboxylic acids is 1. The van der Waals surface area contributed by atoms with Crippen LogP contribution in [-0.4, -0.2) is 36.2 Å². The van der Waals surface area contributed by atoms with Crippen LogP contribution in [0.5, 0.6) is 5.75 Å². The van der Waals surface area contributed by atoms with Gasteiger partial charge in [-0.25, -0.2) is 4.39 Å². The van der Waals surface area contributed by atoms with Crippen LogP contribution in [0.15, 0.2) is 66.7 Å². The van der Waals surface area contributed by atoms with Gasteiger partial charge in [0.15, 0.2) is 0 Å². The molecule has 10 heteroatoms. The van der Waals surface area contributed by atoms with Crippen molar-refractivity contribution in [3.63, 3.8) is 0 Å². The highest BCUT2D eigenvalue weighted by atomic mass is 19.4. The molecule has 3 rings (SSSR count). The van der Waals surface area contributed by atoms with Crippen LogP contribution in [0, 0.1) is 5.82 Å². The minimum absolute atomic E-state index is 0.0382. The van der Waals surface area contributed by atoms with Gasteiger partial charge in [-0.3, -0.25) is 9.59 Å². The minimum Gasteiger partial charge on any atom is -0.491 e. The van der Waals surface area contributed by atoms with Crippen molar-refractivity contribution in [2.24, 2.45) is 0 Å². The molecule has 39 heavy (non-hydrogen) atoms. The van der Waals surface area contributed by atoms with E-state index in [2.05, 4.69) is 17.6 Å². The number of halogens is 4. The molecule has 0 fully saturated rings. The van der Waals surface area contributed by atoms with Crippen LogP contribution in [0.25, 0.3) is 11.1 Å². The number of alkyl halides is 3. The fraction of sp³-hybridized carbons (Fsp3) is 0.310. The van der Waals surface area contributed by atoms with Crippen LogP contribution in [0.4, 0.5) is 23.2 Å². The summed E-state index contributed by atoms with van der Waals surface area (Å²) in [6.45, 7) is 2.33. The third-order valence-electron chi connectivity index (χ3n) is 5.96. The van der Waals surface area contributed by atoms with Crippen LogP contribution >= 0.6 is 0 Å². The molecule has 0 saturated heterocycles. The van der Waals surface area contributed by atoms with Crippen LogP contribution in [0.1, 0.15) is 48.5 Å². The van der Waals surface area contributed by atoms with E-state index in [1.54, 1.807) is 30.3 Å². The lowest BCUT2D eigenvalue weighted by atomic mass is 10.0. The first kappa shape index (κ1) is 29.5. The Kier molecular flexibility index (Phi) is 10.3. The van der Waals surface area contributed by atoms with Gasteiger partial charge in [0.25, 0.3) is 5.91 Å². The number of carboxylic acids is 1. The van der Waals surface area contributed by atoms with Crippen molar-refractivity contribution >= 4 is 17.6 Å². The average molecular weight is 547 g/mol. The summed E-state index contributed by atoms with van der Waals surface area (Å²) < 4.78 is 59.0. The first-order valence-corrected chi connectivity index (χ1v) is 12.5. The number of hydrogen-bond donors (Lipinski definition) is 3. The Balaban J connectivity index is 1.61. The average Bonchev–Trinajstić information content (AvgIpc) is 2.90. The van der Waals surface area contributed by atoms with Crippen molar-refractivity contribution < 1.29 is 37.0 Å². The van der Waals surface area contributed by atoms with Crippen LogP contribution in [0.3, 0.4) is 0 Å². The fourth-order valence-corrected chi connectivity index (χ4v) is 3.84. The molecule has 0 heterocycles. The van der Waals surface area contributed by atoms with E-state index in [4.69, 9.17) is 9.84 Å². The standard InChI is InChI=1S/C29H30F4N2O4/c1-2-3-4-23(35-22-11-7-20(8-12-22)28(38)34-16-15-27(36)37)18-39-24-13-14-25(26(30)17-24)19-5-9-21(10-6-19)29(31,32)33/h5-14,17,23,35H,2-4,15-16,18H2,1H3,(H,34,38)(H,36,37). The molecule has 1 unspecified atom stereocenters. The smallest absolute Gasteiger partial charge is 0.416 e. The number of benzene rings is 3. The number of carboxylic acid groups (broad SMARTS) is 1. The van der Waals surface area contributed by atoms with E-state index in [-0.39, 0.29) is 37.1 Å². The largest absolute Gasteiger partial charge is 0.491 e. The van der Waals surface area contributed by atoms with Gasteiger partial charge in [-0.15, -0.1) is 0 Å². The highest BCUT2D eigenvalue weighted by Crippen LogP contribution is 2.32. The monoisotopic (exact) mass is 546 g/mol. The van der Waals surface area contributed by atoms with E-state index in [1.807, 2.05) is 0 Å². The van der Waals surface area contributed by atoms with Crippen LogP contribution in [-0.2, 0) is 11.0 Å². The second-order valence-corrected chi connectivity index (χ2v) is 8.99. The zero-order valence-corrected chi connectivity index (χ0v) is 21.4. The molecule has 0 saturated carbocycles. The van der Waals surface area contributed by atoms with E-state index in [1.165, 1.54) is 24.3 Å². The number of carbonyl (C=O) groups is 2. The number of hydrogen-bond acceptors (Lipinski definition) is 4. The topological polar surface area (TPSA) is 87.7 Å². The van der Waals surface area contributed by atoms with E-state index in [0.29, 0.717) is 16.9 Å². The van der Waals surface area contributed by atoms with Gasteiger partial charge in [0.2, 0.25) is 0 Å². The molecule has 3 aromatic rings. The Morgan fingerprint density at radius 3 is 2.28 bits per heavy atom. The number of nitrogens with one attached hydrogen (secondary N) is 2. The summed E-state index contributed by atoms with van der Waals surface area (Å²) >= 11 is 0. The van der Waals surface area contributed by atoms with Crippen molar-refractivity contribution in [2.45, 2.75) is 44.8 Å². The molecule has 6 nitrogen and oxygen atoms in total. The Morgan fingerprint density at radius 1 is 1.00 bits per heavy atom. The maximum absolute atomic E-state index is 14.8. The summed E-state index contributed by atoms with van der Waals surface area (Å²) in [6.07, 6.45) is -1.96. The van der Waals surface area contributed by atoms with Gasteiger partial charge in [-0.1, -0.05) is 31.9 Å². The molecule has 1 amide bonds. The molecule has 0 aliphatic carbocycles. The summed E-state index contributed by atoms with van der Waals surface area (Å²) in [4.78, 5) is 22.7. The number of ether oxygens (including phenoxy) is 1. The molecule has 0 radical (unpaired) electrons. The number of amides is 1. The van der Waals surface area contributed by atoms with Gasteiger partial charge in [0.1, 0.15) is 18.2 Å². The van der Waals surface area contributed by atoms with E-state index < -0.39 is 23.5 Å². The van der Waals surface area contributed by atoms with Crippen molar-refractivity contribution in [3.8, 4) is 16.9 Å². The van der Waals surface area contributed by atoms with Gasteiger partial charge in [0.05, 0.1) is 18.0 Å². The molecule has 3 N–H and O–H groups in total. The molecule has 0 aliphatic rings. The van der Waals surface area contributed by atoms with E-state index in [0.717, 1.165) is 37.1 Å². The summed E-state index contributed by atoms with van der Waals surface area (Å²) in [6, 6.07) is 15.2. The fourth-order valence-electron chi connectivity index (χ4n) is 3.84. The molecule has 0 aliphatic heterocycles. The van der Waals surface area contributed by atoms with Gasteiger partial charge >= 0.3 is 12.1 Å². The Hall–Kier alpha value is -4.08. The second kappa shape index (κ2) is 13.6. The van der Waals surface area contributed by atoms with E-state index >= 15 is 0 Å². The number of aliphatic carboxylic acids is 1. The highest BCUT2D eigenvalue weighted by Gasteiger charge is 2.30. The number of unbranched alkanes of at least 4 members (excludes halogenated alkanes) is 1. The summed E-state index contributed by atoms with van der Waals surface area (Å²) in [7, 11) is 0. The number of anilines is 1. The molecule has 0 spiro atoms. The first-order valence-electron chi connectivity index (χ1n) is 12.5. The summed E-state index contributed by atoms with van der Waals surface area (Å²) in [5, 5.41) is 14.6. The Labute approximate surface area is 224 Å². The lowest BCUT2D eigenvalue weighted by Gasteiger charge is -2.21. The molecular weight excluding hydrogens is 516 g/mol. The predicted molar refractivity (Wildman–Crippen MR) is 140 cm³/mol. The maximum Gasteiger partial charge on any atom is 0.416 e. The Bertz CT molecular complexity index is 1250. The normalized spacial score (nSPS) is 12.0. The SMILES string of the molecule is CCCCC(COc1ccc(-c2ccc(C(F)(F)F)cc2)c(F)c1)Nc1ccc(C(=O)NCCC(=O)O)cc1. The quantitative estimate of drug-likeness (QED) is 0.206. The van der Waals surface area contributed by atoms with Crippen LogP contribution in [0.2, 0.25) is 0 Å².